The lowest BCUT2D eigenvalue weighted by molar-refractivity contribution is -0.119. The SMILES string of the molecule is C1COCCN1.CC(C)CC(C)N.N#CCN.O=C1CCCN1. The molecule has 23 heavy (non-hydrogen) atoms. The Morgan fingerprint density at radius 2 is 1.83 bits per heavy atom. The van der Waals surface area contributed by atoms with Crippen LogP contribution in [0.3, 0.4) is 0 Å². The van der Waals surface area contributed by atoms with E-state index >= 15 is 0 Å². The Morgan fingerprint density at radius 3 is 1.91 bits per heavy atom. The number of morpholine rings is 1. The van der Waals surface area contributed by atoms with Gasteiger partial charge in [-0.05, 0) is 25.7 Å². The zero-order chi connectivity index (χ0) is 17.9. The Balaban J connectivity index is 0. The highest BCUT2D eigenvalue weighted by Crippen LogP contribution is 2.00. The number of carbonyl (C=O) groups excluding carboxylic acids is 1. The molecule has 2 saturated heterocycles. The largest absolute Gasteiger partial charge is 0.379 e. The smallest absolute Gasteiger partial charge is 0.220 e. The summed E-state index contributed by atoms with van der Waals surface area (Å²) in [6.07, 6.45) is 2.90. The van der Waals surface area contributed by atoms with Gasteiger partial charge in [-0.3, -0.25) is 4.79 Å². The van der Waals surface area contributed by atoms with Crippen LogP contribution in [0.2, 0.25) is 0 Å². The van der Waals surface area contributed by atoms with Crippen LogP contribution in [0.4, 0.5) is 0 Å². The van der Waals surface area contributed by atoms with Crippen molar-refractivity contribution in [3.8, 4) is 6.07 Å². The Bertz CT molecular complexity index is 274. The number of nitrogens with two attached hydrogens (primary N) is 2. The molecule has 7 heteroatoms. The molecule has 0 spiro atoms. The monoisotopic (exact) mass is 329 g/mol. The molecule has 0 aromatic rings. The van der Waals surface area contributed by atoms with Crippen molar-refractivity contribution < 1.29 is 9.53 Å². The van der Waals surface area contributed by atoms with Crippen molar-refractivity contribution in [3.05, 3.63) is 0 Å². The van der Waals surface area contributed by atoms with Crippen LogP contribution >= 0.6 is 0 Å². The number of nitrogens with one attached hydrogen (secondary N) is 2. The van der Waals surface area contributed by atoms with Crippen molar-refractivity contribution in [1.82, 2.24) is 10.6 Å². The van der Waals surface area contributed by atoms with E-state index < -0.39 is 0 Å². The van der Waals surface area contributed by atoms with E-state index in [-0.39, 0.29) is 12.5 Å². The van der Waals surface area contributed by atoms with Crippen LogP contribution in [-0.2, 0) is 9.53 Å². The molecule has 0 aromatic heterocycles. The molecule has 7 nitrogen and oxygen atoms in total. The lowest BCUT2D eigenvalue weighted by Crippen LogP contribution is -2.30. The minimum atomic E-state index is 0.125. The van der Waals surface area contributed by atoms with Gasteiger partial charge in [-0.1, -0.05) is 13.8 Å². The molecule has 2 rings (SSSR count). The van der Waals surface area contributed by atoms with Crippen LogP contribution < -0.4 is 22.1 Å². The first-order valence-electron chi connectivity index (χ1n) is 8.31. The first-order chi connectivity index (χ1) is 10.9. The average molecular weight is 329 g/mol. The minimum Gasteiger partial charge on any atom is -0.379 e. The number of ether oxygens (including phenoxy) is 1. The average Bonchev–Trinajstić information content (AvgIpc) is 3.00. The summed E-state index contributed by atoms with van der Waals surface area (Å²) in [7, 11) is 0. The predicted molar refractivity (Wildman–Crippen MR) is 93.7 cm³/mol. The lowest BCUT2D eigenvalue weighted by atomic mass is 10.1. The van der Waals surface area contributed by atoms with Crippen molar-refractivity contribution in [2.45, 2.75) is 46.1 Å². The van der Waals surface area contributed by atoms with Gasteiger partial charge in [-0.2, -0.15) is 5.26 Å². The summed E-state index contributed by atoms with van der Waals surface area (Å²) in [4.78, 5) is 10.1. The van der Waals surface area contributed by atoms with Gasteiger partial charge < -0.3 is 26.8 Å². The molecular formula is C16H35N5O2. The van der Waals surface area contributed by atoms with E-state index in [1.54, 1.807) is 6.07 Å². The van der Waals surface area contributed by atoms with Gasteiger partial charge in [0, 0.05) is 32.1 Å². The normalized spacial score (nSPS) is 17.2. The van der Waals surface area contributed by atoms with E-state index in [1.807, 2.05) is 6.92 Å². The maximum atomic E-state index is 10.1. The first kappa shape index (κ1) is 24.1. The number of nitrogens with zero attached hydrogens (tertiary/aromatic N) is 1. The standard InChI is InChI=1S/C6H15N.C4H9NO.C4H7NO.C2H4N2/c1-5(2)4-6(3)7;1-3-6-4-2-5-1;6-4-2-1-3-5-4;3-1-2-4/h5-6H,4,7H2,1-3H3;5H,1-4H2;1-3H2,(H,5,6);1,3H2. The molecule has 2 aliphatic heterocycles. The molecule has 6 N–H and O–H groups in total. The molecule has 0 aliphatic carbocycles. The summed E-state index contributed by atoms with van der Waals surface area (Å²) >= 11 is 0. The first-order valence-corrected chi connectivity index (χ1v) is 8.31. The van der Waals surface area contributed by atoms with Gasteiger partial charge in [-0.15, -0.1) is 0 Å². The van der Waals surface area contributed by atoms with Gasteiger partial charge >= 0.3 is 0 Å². The molecule has 1 amide bonds. The molecular weight excluding hydrogens is 294 g/mol. The molecule has 136 valence electrons. The van der Waals surface area contributed by atoms with E-state index in [1.165, 1.54) is 0 Å². The van der Waals surface area contributed by atoms with Gasteiger partial charge in [0.15, 0.2) is 0 Å². The summed E-state index contributed by atoms with van der Waals surface area (Å²) in [5.74, 6) is 0.954. The number of hydrogen-bond acceptors (Lipinski definition) is 6. The highest BCUT2D eigenvalue weighted by Gasteiger charge is 2.05. The summed E-state index contributed by atoms with van der Waals surface area (Å²) in [6.45, 7) is 11.3. The van der Waals surface area contributed by atoms with Crippen molar-refractivity contribution >= 4 is 5.91 Å². The molecule has 2 fully saturated rings. The molecule has 0 saturated carbocycles. The van der Waals surface area contributed by atoms with Gasteiger partial charge in [-0.25, -0.2) is 0 Å². The fourth-order valence-electron chi connectivity index (χ4n) is 1.82. The molecule has 2 heterocycles. The molecule has 1 unspecified atom stereocenters. The Hall–Kier alpha value is -1.20. The van der Waals surface area contributed by atoms with Gasteiger partial charge in [0.1, 0.15) is 0 Å². The highest BCUT2D eigenvalue weighted by atomic mass is 16.5. The number of carbonyl (C=O) groups is 1. The fourth-order valence-corrected chi connectivity index (χ4v) is 1.82. The van der Waals surface area contributed by atoms with Crippen LogP contribution in [0.15, 0.2) is 0 Å². The number of amides is 1. The number of rotatable bonds is 2. The van der Waals surface area contributed by atoms with Gasteiger partial charge in [0.2, 0.25) is 5.91 Å². The second-order valence-corrected chi connectivity index (χ2v) is 5.78. The van der Waals surface area contributed by atoms with Crippen LogP contribution in [-0.4, -0.2) is 51.3 Å². The molecule has 1 atom stereocenters. The van der Waals surface area contributed by atoms with Gasteiger partial charge in [0.25, 0.3) is 0 Å². The third-order valence-electron chi connectivity index (χ3n) is 2.68. The van der Waals surface area contributed by atoms with Crippen LogP contribution in [0, 0.1) is 17.2 Å². The quantitative estimate of drug-likeness (QED) is 0.542. The zero-order valence-electron chi connectivity index (χ0n) is 14.9. The Labute approximate surface area is 141 Å². The van der Waals surface area contributed by atoms with Crippen molar-refractivity contribution in [2.75, 3.05) is 39.4 Å². The summed E-state index contributed by atoms with van der Waals surface area (Å²) < 4.78 is 5.01. The Morgan fingerprint density at radius 1 is 1.26 bits per heavy atom. The second-order valence-electron chi connectivity index (χ2n) is 5.78. The van der Waals surface area contributed by atoms with E-state index in [0.717, 1.165) is 58.0 Å². The zero-order valence-corrected chi connectivity index (χ0v) is 14.9. The number of nitriles is 1. The highest BCUT2D eigenvalue weighted by molar-refractivity contribution is 5.77. The van der Waals surface area contributed by atoms with Crippen LogP contribution in [0.25, 0.3) is 0 Å². The van der Waals surface area contributed by atoms with Crippen molar-refractivity contribution in [3.63, 3.8) is 0 Å². The number of hydrogen-bond donors (Lipinski definition) is 4. The van der Waals surface area contributed by atoms with Crippen LogP contribution in [0.5, 0.6) is 0 Å². The Kier molecular flexibility index (Phi) is 19.7. The summed E-state index contributed by atoms with van der Waals surface area (Å²) in [5, 5.41) is 13.3. The molecule has 0 radical (unpaired) electrons. The van der Waals surface area contributed by atoms with E-state index in [9.17, 15) is 4.79 Å². The van der Waals surface area contributed by atoms with E-state index in [0.29, 0.717) is 6.04 Å². The van der Waals surface area contributed by atoms with E-state index in [4.69, 9.17) is 15.7 Å². The minimum absolute atomic E-state index is 0.125. The maximum Gasteiger partial charge on any atom is 0.220 e. The summed E-state index contributed by atoms with van der Waals surface area (Å²) in [5.41, 5.74) is 10.2. The molecule has 0 aromatic carbocycles. The van der Waals surface area contributed by atoms with Crippen molar-refractivity contribution in [2.24, 2.45) is 17.4 Å². The lowest BCUT2D eigenvalue weighted by Gasteiger charge is -2.10. The fraction of sp³-hybridized carbons (Fsp3) is 0.875. The van der Waals surface area contributed by atoms with E-state index in [2.05, 4.69) is 30.2 Å². The second kappa shape index (κ2) is 18.8. The molecule has 2 aliphatic rings. The van der Waals surface area contributed by atoms with Crippen LogP contribution in [0.1, 0.15) is 40.0 Å². The van der Waals surface area contributed by atoms with Crippen molar-refractivity contribution in [1.29, 1.82) is 5.26 Å². The third-order valence-corrected chi connectivity index (χ3v) is 2.68. The molecule has 0 bridgehead atoms. The topological polar surface area (TPSA) is 126 Å². The maximum absolute atomic E-state index is 10.1. The third kappa shape index (κ3) is 26.0. The van der Waals surface area contributed by atoms with Gasteiger partial charge in [0.05, 0.1) is 25.8 Å². The summed E-state index contributed by atoms with van der Waals surface area (Å²) in [6, 6.07) is 2.08. The predicted octanol–water partition coefficient (Wildman–Crippen LogP) is 0.351.